The number of pyridine rings is 2. The molecule has 0 bridgehead atoms. The second-order valence-electron chi connectivity index (χ2n) is 3.83. The van der Waals surface area contributed by atoms with E-state index in [1.54, 1.807) is 29.3 Å². The minimum absolute atomic E-state index is 0.950. The second-order valence-corrected chi connectivity index (χ2v) is 5.64. The molecule has 5 heteroatoms. The molecule has 18 heavy (non-hydrogen) atoms. The minimum Gasteiger partial charge on any atom is -0.246 e. The molecule has 0 N–H and O–H groups in total. The van der Waals surface area contributed by atoms with Gasteiger partial charge in [0.25, 0.3) is 0 Å². The molecule has 0 amide bonds. The van der Waals surface area contributed by atoms with Gasteiger partial charge in [-0.1, -0.05) is 11.3 Å². The van der Waals surface area contributed by atoms with E-state index >= 15 is 0 Å². The first-order valence-corrected chi connectivity index (χ1v) is 7.55. The zero-order chi connectivity index (χ0) is 12.5. The van der Waals surface area contributed by atoms with Crippen LogP contribution in [0.3, 0.4) is 0 Å². The van der Waals surface area contributed by atoms with Crippen molar-refractivity contribution in [2.24, 2.45) is 0 Å². The molecule has 3 nitrogen and oxygen atoms in total. The van der Waals surface area contributed by atoms with Gasteiger partial charge in [-0.25, -0.2) is 15.0 Å². The van der Waals surface area contributed by atoms with Crippen LogP contribution in [0, 0.1) is 6.92 Å². The van der Waals surface area contributed by atoms with E-state index in [0.29, 0.717) is 0 Å². The summed E-state index contributed by atoms with van der Waals surface area (Å²) in [5.41, 5.74) is 3.06. The Kier molecular flexibility index (Phi) is 3.01. The number of hydrogen-bond donors (Lipinski definition) is 0. The number of hydrogen-bond acceptors (Lipinski definition) is 5. The lowest BCUT2D eigenvalue weighted by molar-refractivity contribution is 1.07. The summed E-state index contributed by atoms with van der Waals surface area (Å²) in [5, 5.41) is 2.02. The normalized spacial score (nSPS) is 11.0. The van der Waals surface area contributed by atoms with E-state index in [0.717, 1.165) is 31.6 Å². The smallest absolute Gasteiger partial charge is 0.143 e. The molecule has 0 saturated heterocycles. The van der Waals surface area contributed by atoms with Gasteiger partial charge >= 0.3 is 0 Å². The van der Waals surface area contributed by atoms with Crippen molar-refractivity contribution in [3.63, 3.8) is 0 Å². The maximum atomic E-state index is 4.61. The molecule has 0 radical (unpaired) electrons. The molecule has 3 aromatic heterocycles. The average Bonchev–Trinajstić information content (AvgIpc) is 2.81. The summed E-state index contributed by atoms with van der Waals surface area (Å²) in [6.07, 6.45) is 3.83. The fourth-order valence-electron chi connectivity index (χ4n) is 1.76. The lowest BCUT2D eigenvalue weighted by Gasteiger charge is -2.02. The predicted octanol–water partition coefficient (Wildman–Crippen LogP) is 3.78. The Morgan fingerprint density at radius 1 is 1.17 bits per heavy atom. The number of thiazole rings is 1. The number of nitrogens with zero attached hydrogens (tertiary/aromatic N) is 3. The van der Waals surface area contributed by atoms with Gasteiger partial charge in [0.1, 0.15) is 15.4 Å². The summed E-state index contributed by atoms with van der Waals surface area (Å²) >= 11 is 3.26. The third kappa shape index (κ3) is 2.00. The molecule has 0 saturated carbocycles. The van der Waals surface area contributed by atoms with Crippen LogP contribution >= 0.6 is 23.1 Å². The van der Waals surface area contributed by atoms with Crippen LogP contribution in [0.2, 0.25) is 0 Å². The molecule has 0 spiro atoms. The monoisotopic (exact) mass is 273 g/mol. The highest BCUT2D eigenvalue weighted by molar-refractivity contribution is 7.98. The van der Waals surface area contributed by atoms with Crippen LogP contribution in [0.1, 0.15) is 5.69 Å². The summed E-state index contributed by atoms with van der Waals surface area (Å²) in [5.74, 6) is 0. The summed E-state index contributed by atoms with van der Waals surface area (Å²) in [7, 11) is 0. The van der Waals surface area contributed by atoms with Crippen LogP contribution in [-0.2, 0) is 0 Å². The quantitative estimate of drug-likeness (QED) is 0.666. The molecule has 0 aliphatic rings. The predicted molar refractivity (Wildman–Crippen MR) is 77.2 cm³/mol. The largest absolute Gasteiger partial charge is 0.246 e. The zero-order valence-corrected chi connectivity index (χ0v) is 11.7. The van der Waals surface area contributed by atoms with Crippen LogP contribution in [0.15, 0.2) is 35.5 Å². The van der Waals surface area contributed by atoms with Crippen molar-refractivity contribution in [1.82, 2.24) is 15.0 Å². The van der Waals surface area contributed by atoms with Gasteiger partial charge in [-0.2, -0.15) is 0 Å². The Balaban J connectivity index is 2.14. The summed E-state index contributed by atoms with van der Waals surface area (Å²) in [6.45, 7) is 2.02. The van der Waals surface area contributed by atoms with Gasteiger partial charge in [0.05, 0.1) is 5.03 Å². The number of rotatable bonds is 2. The van der Waals surface area contributed by atoms with Gasteiger partial charge in [0.2, 0.25) is 0 Å². The van der Waals surface area contributed by atoms with Gasteiger partial charge in [0.15, 0.2) is 0 Å². The van der Waals surface area contributed by atoms with Gasteiger partial charge in [-0.15, -0.1) is 11.8 Å². The number of fused-ring (bicyclic) bond motifs is 1. The average molecular weight is 273 g/mol. The van der Waals surface area contributed by atoms with E-state index in [2.05, 4.69) is 21.0 Å². The van der Waals surface area contributed by atoms with Crippen molar-refractivity contribution in [3.8, 4) is 10.6 Å². The van der Waals surface area contributed by atoms with Crippen LogP contribution < -0.4 is 0 Å². The van der Waals surface area contributed by atoms with E-state index in [1.165, 1.54) is 0 Å². The Hall–Kier alpha value is -1.46. The maximum absolute atomic E-state index is 4.61. The molecule has 0 aliphatic heterocycles. The van der Waals surface area contributed by atoms with E-state index in [-0.39, 0.29) is 0 Å². The molecule has 3 rings (SSSR count). The van der Waals surface area contributed by atoms with Crippen molar-refractivity contribution < 1.29 is 0 Å². The Morgan fingerprint density at radius 2 is 2.06 bits per heavy atom. The topological polar surface area (TPSA) is 38.7 Å². The lowest BCUT2D eigenvalue weighted by atomic mass is 10.2. The maximum Gasteiger partial charge on any atom is 0.143 e. The standard InChI is InChI=1S/C13H11N3S2/c1-8-9(5-6-11(15-8)17-2)12-16-10-4-3-7-14-13(10)18-12/h3-7H,1-2H3. The molecule has 0 unspecified atom stereocenters. The fourth-order valence-corrected chi connectivity index (χ4v) is 3.18. The molecule has 0 fully saturated rings. The Labute approximate surface area is 113 Å². The molecular weight excluding hydrogens is 262 g/mol. The first-order valence-electron chi connectivity index (χ1n) is 5.51. The Morgan fingerprint density at radius 3 is 2.78 bits per heavy atom. The highest BCUT2D eigenvalue weighted by atomic mass is 32.2. The summed E-state index contributed by atoms with van der Waals surface area (Å²) < 4.78 is 0. The molecule has 3 aromatic rings. The highest BCUT2D eigenvalue weighted by Gasteiger charge is 2.10. The highest BCUT2D eigenvalue weighted by Crippen LogP contribution is 2.31. The van der Waals surface area contributed by atoms with E-state index < -0.39 is 0 Å². The van der Waals surface area contributed by atoms with Crippen LogP contribution in [0.5, 0.6) is 0 Å². The number of aryl methyl sites for hydroxylation is 1. The third-order valence-electron chi connectivity index (χ3n) is 2.67. The van der Waals surface area contributed by atoms with Crippen molar-refractivity contribution in [3.05, 3.63) is 36.2 Å². The Bertz CT molecular complexity index is 673. The lowest BCUT2D eigenvalue weighted by Crippen LogP contribution is -1.88. The van der Waals surface area contributed by atoms with Gasteiger partial charge in [0, 0.05) is 17.5 Å². The third-order valence-corrected chi connectivity index (χ3v) is 4.32. The van der Waals surface area contributed by atoms with Crippen LogP contribution in [-0.4, -0.2) is 21.2 Å². The minimum atomic E-state index is 0.950. The van der Waals surface area contributed by atoms with Crippen LogP contribution in [0.4, 0.5) is 0 Å². The molecule has 0 aromatic carbocycles. The molecule has 0 aliphatic carbocycles. The number of aromatic nitrogens is 3. The molecule has 0 atom stereocenters. The van der Waals surface area contributed by atoms with Gasteiger partial charge < -0.3 is 0 Å². The summed E-state index contributed by atoms with van der Waals surface area (Å²) in [4.78, 5) is 14.5. The van der Waals surface area contributed by atoms with Gasteiger partial charge in [-0.05, 0) is 37.4 Å². The van der Waals surface area contributed by atoms with Gasteiger partial charge in [-0.3, -0.25) is 0 Å². The first-order chi connectivity index (χ1) is 8.78. The zero-order valence-electron chi connectivity index (χ0n) is 10.0. The van der Waals surface area contributed by atoms with Crippen molar-refractivity contribution in [2.75, 3.05) is 6.26 Å². The van der Waals surface area contributed by atoms with E-state index in [9.17, 15) is 0 Å². The fraction of sp³-hybridized carbons (Fsp3) is 0.154. The van der Waals surface area contributed by atoms with E-state index in [4.69, 9.17) is 0 Å². The summed E-state index contributed by atoms with van der Waals surface area (Å²) in [6, 6.07) is 8.02. The van der Waals surface area contributed by atoms with E-state index in [1.807, 2.05) is 31.4 Å². The van der Waals surface area contributed by atoms with Crippen molar-refractivity contribution in [2.45, 2.75) is 11.9 Å². The van der Waals surface area contributed by atoms with Crippen molar-refractivity contribution >= 4 is 33.4 Å². The van der Waals surface area contributed by atoms with Crippen LogP contribution in [0.25, 0.3) is 20.9 Å². The molecule has 3 heterocycles. The molecular formula is C13H11N3S2. The second kappa shape index (κ2) is 4.66. The van der Waals surface area contributed by atoms with Crippen molar-refractivity contribution in [1.29, 1.82) is 0 Å². The number of thioether (sulfide) groups is 1. The molecule has 90 valence electrons. The first kappa shape index (κ1) is 11.6. The SMILES string of the molecule is CSc1ccc(-c2nc3cccnc3s2)c(C)n1.